The number of H-pyrrole nitrogens is 1. The van der Waals surface area contributed by atoms with E-state index in [1.165, 1.54) is 6.20 Å². The molecule has 0 amide bonds. The van der Waals surface area contributed by atoms with Crippen LogP contribution < -0.4 is 4.90 Å². The molecule has 10 heteroatoms. The van der Waals surface area contributed by atoms with Crippen molar-refractivity contribution in [3.05, 3.63) is 27.7 Å². The van der Waals surface area contributed by atoms with Crippen molar-refractivity contribution in [2.24, 2.45) is 5.92 Å². The molecule has 3 heterocycles. The molecule has 2 aromatic rings. The number of aromatic amines is 1. The number of piperidine rings is 1. The second-order valence-corrected chi connectivity index (χ2v) is 7.58. The lowest BCUT2D eigenvalue weighted by molar-refractivity contribution is 0.0374. The number of halogens is 1. The van der Waals surface area contributed by atoms with E-state index in [9.17, 15) is 9.59 Å². The van der Waals surface area contributed by atoms with Crippen molar-refractivity contribution in [2.45, 2.75) is 25.9 Å². The Kier molecular flexibility index (Phi) is 5.59. The lowest BCUT2D eigenvalue weighted by atomic mass is 9.89. The Morgan fingerprint density at radius 1 is 1.54 bits per heavy atom. The minimum atomic E-state index is -0.982. The molecule has 140 valence electrons. The number of hydrogen-bond acceptors (Lipinski definition) is 7. The Morgan fingerprint density at radius 3 is 2.88 bits per heavy atom. The fraction of sp³-hybridized carbons (Fsp3) is 0.500. The Morgan fingerprint density at radius 2 is 2.31 bits per heavy atom. The summed E-state index contributed by atoms with van der Waals surface area (Å²) < 4.78 is 5.59. The number of hydrogen-bond donors (Lipinski definition) is 2. The third kappa shape index (κ3) is 3.89. The third-order valence-electron chi connectivity index (χ3n) is 4.51. The molecule has 0 saturated carbocycles. The molecule has 1 unspecified atom stereocenters. The number of aromatic carboxylic acids is 1. The van der Waals surface area contributed by atoms with Gasteiger partial charge in [-0.15, -0.1) is 0 Å². The summed E-state index contributed by atoms with van der Waals surface area (Å²) in [5.74, 6) is -0.754. The highest BCUT2D eigenvalue weighted by molar-refractivity contribution is 7.17. The van der Waals surface area contributed by atoms with Crippen LogP contribution in [0.1, 0.15) is 38.8 Å². The number of nitrogens with one attached hydrogen (secondary N) is 1. The highest BCUT2D eigenvalue weighted by Crippen LogP contribution is 2.30. The number of anilines is 1. The van der Waals surface area contributed by atoms with Crippen LogP contribution in [0.3, 0.4) is 0 Å². The Hall–Kier alpha value is -1.97. The maximum Gasteiger partial charge on any atom is 0.347 e. The number of aryl methyl sites for hydroxylation is 1. The number of ketones is 1. The van der Waals surface area contributed by atoms with Crippen molar-refractivity contribution in [3.8, 4) is 0 Å². The van der Waals surface area contributed by atoms with Crippen molar-refractivity contribution >= 4 is 39.8 Å². The molecule has 2 aromatic heterocycles. The topological polar surface area (TPSA) is 108 Å². The van der Waals surface area contributed by atoms with Gasteiger partial charge in [0.1, 0.15) is 4.88 Å². The van der Waals surface area contributed by atoms with E-state index in [4.69, 9.17) is 21.4 Å². The van der Waals surface area contributed by atoms with Crippen molar-refractivity contribution in [1.82, 2.24) is 15.0 Å². The molecule has 2 N–H and O–H groups in total. The molecule has 26 heavy (non-hydrogen) atoms. The van der Waals surface area contributed by atoms with E-state index in [1.54, 1.807) is 14.0 Å². The summed E-state index contributed by atoms with van der Waals surface area (Å²) >= 11 is 7.05. The predicted octanol–water partition coefficient (Wildman–Crippen LogP) is 2.64. The van der Waals surface area contributed by atoms with Crippen LogP contribution in [-0.4, -0.2) is 58.1 Å². The maximum absolute atomic E-state index is 12.5. The Bertz CT molecular complexity index is 802. The van der Waals surface area contributed by atoms with Crippen LogP contribution in [-0.2, 0) is 4.74 Å². The van der Waals surface area contributed by atoms with Crippen LogP contribution in [0, 0.1) is 12.8 Å². The van der Waals surface area contributed by atoms with Crippen molar-refractivity contribution in [1.29, 1.82) is 0 Å². The summed E-state index contributed by atoms with van der Waals surface area (Å²) in [4.78, 5) is 36.8. The lowest BCUT2D eigenvalue weighted by Crippen LogP contribution is -2.45. The monoisotopic (exact) mass is 398 g/mol. The van der Waals surface area contributed by atoms with Gasteiger partial charge < -0.3 is 19.7 Å². The standard InChI is InChI=1S/C16H19ClN4O4S/c1-8-13(17)20-14(19-8)10(22)5-9-3-4-21(7-11(9)25-2)16-18-6-12(26-16)15(23)24/h6,9,11H,3-5,7H2,1-2H3,(H,19,20)(H,23,24)/t9?,11-/m0/s1. The first-order valence-corrected chi connectivity index (χ1v) is 9.30. The minimum Gasteiger partial charge on any atom is -0.477 e. The first-order valence-electron chi connectivity index (χ1n) is 8.11. The van der Waals surface area contributed by atoms with Gasteiger partial charge in [-0.2, -0.15) is 0 Å². The number of aromatic nitrogens is 3. The summed E-state index contributed by atoms with van der Waals surface area (Å²) in [5.41, 5.74) is 0.672. The molecule has 1 fully saturated rings. The number of methoxy groups -OCH3 is 1. The molecule has 1 aliphatic heterocycles. The van der Waals surface area contributed by atoms with Gasteiger partial charge in [0.2, 0.25) is 0 Å². The van der Waals surface area contributed by atoms with Crippen LogP contribution >= 0.6 is 22.9 Å². The number of thiazole rings is 1. The first kappa shape index (κ1) is 18.8. The molecule has 0 aromatic carbocycles. The van der Waals surface area contributed by atoms with Gasteiger partial charge in [-0.25, -0.2) is 14.8 Å². The number of carboxylic acids is 1. The zero-order valence-corrected chi connectivity index (χ0v) is 15.9. The predicted molar refractivity (Wildman–Crippen MR) is 97.5 cm³/mol. The van der Waals surface area contributed by atoms with Gasteiger partial charge in [-0.3, -0.25) is 4.79 Å². The number of carboxylic acid groups (broad SMARTS) is 1. The average molecular weight is 399 g/mol. The van der Waals surface area contributed by atoms with Crippen LogP contribution in [0.5, 0.6) is 0 Å². The summed E-state index contributed by atoms with van der Waals surface area (Å²) in [6.45, 7) is 3.00. The van der Waals surface area contributed by atoms with E-state index >= 15 is 0 Å². The molecule has 8 nitrogen and oxygen atoms in total. The minimum absolute atomic E-state index is 0.0480. The van der Waals surface area contributed by atoms with Gasteiger partial charge >= 0.3 is 5.97 Å². The Balaban J connectivity index is 1.65. The maximum atomic E-state index is 12.5. The van der Waals surface area contributed by atoms with Gasteiger partial charge in [0.05, 0.1) is 18.0 Å². The van der Waals surface area contributed by atoms with Crippen molar-refractivity contribution in [3.63, 3.8) is 0 Å². The highest BCUT2D eigenvalue weighted by atomic mass is 35.5. The van der Waals surface area contributed by atoms with E-state index in [-0.39, 0.29) is 28.5 Å². The Labute approximate surface area is 159 Å². The van der Waals surface area contributed by atoms with Crippen LogP contribution in [0.2, 0.25) is 5.15 Å². The zero-order chi connectivity index (χ0) is 18.8. The second-order valence-electron chi connectivity index (χ2n) is 6.21. The van der Waals surface area contributed by atoms with Gasteiger partial charge in [-0.1, -0.05) is 22.9 Å². The van der Waals surface area contributed by atoms with Gasteiger partial charge in [-0.05, 0) is 19.3 Å². The highest BCUT2D eigenvalue weighted by Gasteiger charge is 2.33. The molecule has 3 rings (SSSR count). The smallest absolute Gasteiger partial charge is 0.347 e. The van der Waals surface area contributed by atoms with Gasteiger partial charge in [0.25, 0.3) is 0 Å². The number of ether oxygens (including phenoxy) is 1. The van der Waals surface area contributed by atoms with Crippen LogP contribution in [0.4, 0.5) is 5.13 Å². The van der Waals surface area contributed by atoms with E-state index in [0.29, 0.717) is 35.5 Å². The number of carbonyl (C=O) groups is 2. The lowest BCUT2D eigenvalue weighted by Gasteiger charge is -2.37. The van der Waals surface area contributed by atoms with E-state index in [2.05, 4.69) is 15.0 Å². The summed E-state index contributed by atoms with van der Waals surface area (Å²) in [7, 11) is 1.62. The zero-order valence-electron chi connectivity index (χ0n) is 14.4. The van der Waals surface area contributed by atoms with E-state index in [0.717, 1.165) is 17.8 Å². The quantitative estimate of drug-likeness (QED) is 0.720. The fourth-order valence-corrected chi connectivity index (χ4v) is 3.98. The summed E-state index contributed by atoms with van der Waals surface area (Å²) in [5, 5.41) is 10.0. The van der Waals surface area contributed by atoms with Crippen molar-refractivity contribution in [2.75, 3.05) is 25.1 Å². The molecule has 0 spiro atoms. The van der Waals surface area contributed by atoms with Crippen LogP contribution in [0.25, 0.3) is 0 Å². The normalized spacial score (nSPS) is 20.3. The van der Waals surface area contributed by atoms with E-state index < -0.39 is 5.97 Å². The van der Waals surface area contributed by atoms with Gasteiger partial charge in [0, 0.05) is 26.6 Å². The SMILES string of the molecule is CO[C@H]1CN(c2ncc(C(=O)O)s2)CCC1CC(=O)c1nc(Cl)c(C)[nH]1. The van der Waals surface area contributed by atoms with Crippen molar-refractivity contribution < 1.29 is 19.4 Å². The number of imidazole rings is 1. The van der Waals surface area contributed by atoms with Gasteiger partial charge in [0.15, 0.2) is 21.9 Å². The molecule has 2 atom stereocenters. The first-order chi connectivity index (χ1) is 12.4. The molecular weight excluding hydrogens is 380 g/mol. The number of Topliss-reactive ketones (excluding diaryl/α,β-unsaturated/α-hetero) is 1. The van der Waals surface area contributed by atoms with E-state index in [1.807, 2.05) is 4.90 Å². The number of rotatable bonds is 6. The third-order valence-corrected chi connectivity index (χ3v) is 5.92. The van der Waals surface area contributed by atoms with Crippen LogP contribution in [0.15, 0.2) is 6.20 Å². The molecule has 1 saturated heterocycles. The average Bonchev–Trinajstić information content (AvgIpc) is 3.23. The molecule has 0 radical (unpaired) electrons. The summed E-state index contributed by atoms with van der Waals surface area (Å²) in [6.07, 6.45) is 2.26. The fourth-order valence-electron chi connectivity index (χ4n) is 3.06. The summed E-state index contributed by atoms with van der Waals surface area (Å²) in [6, 6.07) is 0. The molecular formula is C16H19ClN4O4S. The second kappa shape index (κ2) is 7.73. The molecule has 0 aliphatic carbocycles. The largest absolute Gasteiger partial charge is 0.477 e. The number of carbonyl (C=O) groups excluding carboxylic acids is 1. The number of nitrogens with zero attached hydrogens (tertiary/aromatic N) is 3. The molecule has 0 bridgehead atoms. The molecule has 1 aliphatic rings.